The number of benzene rings is 1. The summed E-state index contributed by atoms with van der Waals surface area (Å²) in [7, 11) is 0. The van der Waals surface area contributed by atoms with Gasteiger partial charge in [-0.2, -0.15) is 0 Å². The maximum Gasteiger partial charge on any atom is 0.230 e. The van der Waals surface area contributed by atoms with Crippen molar-refractivity contribution in [1.82, 2.24) is 5.32 Å². The molecule has 1 saturated heterocycles. The van der Waals surface area contributed by atoms with Crippen molar-refractivity contribution in [2.45, 2.75) is 18.3 Å². The number of rotatable bonds is 4. The first-order valence-corrected chi connectivity index (χ1v) is 6.32. The highest BCUT2D eigenvalue weighted by Gasteiger charge is 2.41. The Labute approximate surface area is 107 Å². The third-order valence-electron chi connectivity index (χ3n) is 3.50. The molecule has 1 aromatic rings. The number of aliphatic hydroxyl groups excluding tert-OH is 1. The lowest BCUT2D eigenvalue weighted by molar-refractivity contribution is -0.130. The standard InChI is InChI=1S/C14H19NO3/c16-9-8-15-13(17)14(6-10-18-11-7-14)12-4-2-1-3-5-12/h1-5,16H,6-11H2,(H,15,17). The highest BCUT2D eigenvalue weighted by molar-refractivity contribution is 5.88. The summed E-state index contributed by atoms with van der Waals surface area (Å²) in [6, 6.07) is 9.83. The van der Waals surface area contributed by atoms with Crippen molar-refractivity contribution in [2.24, 2.45) is 0 Å². The fourth-order valence-electron chi connectivity index (χ4n) is 2.46. The van der Waals surface area contributed by atoms with Crippen molar-refractivity contribution < 1.29 is 14.6 Å². The van der Waals surface area contributed by atoms with Crippen LogP contribution in [0, 0.1) is 0 Å². The van der Waals surface area contributed by atoms with Crippen LogP contribution in [0.1, 0.15) is 18.4 Å². The van der Waals surface area contributed by atoms with E-state index >= 15 is 0 Å². The molecule has 0 saturated carbocycles. The van der Waals surface area contributed by atoms with Crippen molar-refractivity contribution in [3.63, 3.8) is 0 Å². The van der Waals surface area contributed by atoms with E-state index < -0.39 is 5.41 Å². The third kappa shape index (κ3) is 2.54. The van der Waals surface area contributed by atoms with Gasteiger partial charge in [-0.3, -0.25) is 4.79 Å². The van der Waals surface area contributed by atoms with Gasteiger partial charge in [0.25, 0.3) is 0 Å². The summed E-state index contributed by atoms with van der Waals surface area (Å²) in [5.74, 6) is -0.00829. The Morgan fingerprint density at radius 3 is 2.56 bits per heavy atom. The van der Waals surface area contributed by atoms with E-state index in [2.05, 4.69) is 5.32 Å². The van der Waals surface area contributed by atoms with Crippen LogP contribution in [-0.4, -0.2) is 37.4 Å². The molecule has 0 bridgehead atoms. The Kier molecular flexibility index (Phi) is 4.33. The predicted molar refractivity (Wildman–Crippen MR) is 68.3 cm³/mol. The van der Waals surface area contributed by atoms with Crippen molar-refractivity contribution in [3.8, 4) is 0 Å². The Bertz CT molecular complexity index is 385. The molecule has 0 aliphatic carbocycles. The Hall–Kier alpha value is -1.39. The summed E-state index contributed by atoms with van der Waals surface area (Å²) >= 11 is 0. The first-order valence-electron chi connectivity index (χ1n) is 6.32. The molecule has 98 valence electrons. The minimum absolute atomic E-state index is 0.00829. The van der Waals surface area contributed by atoms with Gasteiger partial charge in [0, 0.05) is 19.8 Å². The molecular weight excluding hydrogens is 230 g/mol. The summed E-state index contributed by atoms with van der Waals surface area (Å²) in [4.78, 5) is 12.4. The molecule has 4 heteroatoms. The summed E-state index contributed by atoms with van der Waals surface area (Å²) < 4.78 is 5.37. The topological polar surface area (TPSA) is 58.6 Å². The summed E-state index contributed by atoms with van der Waals surface area (Å²) in [5, 5.41) is 11.6. The van der Waals surface area contributed by atoms with Gasteiger partial charge in [-0.25, -0.2) is 0 Å². The van der Waals surface area contributed by atoms with Crippen molar-refractivity contribution in [2.75, 3.05) is 26.4 Å². The monoisotopic (exact) mass is 249 g/mol. The zero-order chi connectivity index (χ0) is 12.8. The molecule has 18 heavy (non-hydrogen) atoms. The molecule has 0 unspecified atom stereocenters. The van der Waals surface area contributed by atoms with E-state index in [4.69, 9.17) is 9.84 Å². The lowest BCUT2D eigenvalue weighted by Crippen LogP contribution is -2.48. The average molecular weight is 249 g/mol. The maximum absolute atomic E-state index is 12.4. The molecule has 0 spiro atoms. The number of amides is 1. The molecule has 1 amide bonds. The molecule has 4 nitrogen and oxygen atoms in total. The van der Waals surface area contributed by atoms with Crippen molar-refractivity contribution in [1.29, 1.82) is 0 Å². The SMILES string of the molecule is O=C(NCCO)C1(c2ccccc2)CCOCC1. The quantitative estimate of drug-likeness (QED) is 0.831. The molecule has 1 fully saturated rings. The number of aliphatic hydroxyl groups is 1. The lowest BCUT2D eigenvalue weighted by Gasteiger charge is -2.36. The van der Waals surface area contributed by atoms with Gasteiger partial charge in [-0.05, 0) is 18.4 Å². The molecule has 2 N–H and O–H groups in total. The normalized spacial score (nSPS) is 18.3. The van der Waals surface area contributed by atoms with E-state index in [1.165, 1.54) is 0 Å². The summed E-state index contributed by atoms with van der Waals surface area (Å²) in [6.07, 6.45) is 1.38. The number of hydrogen-bond donors (Lipinski definition) is 2. The average Bonchev–Trinajstić information content (AvgIpc) is 2.46. The molecule has 1 aromatic carbocycles. The van der Waals surface area contributed by atoms with Gasteiger partial charge < -0.3 is 15.2 Å². The Balaban J connectivity index is 2.25. The van der Waals surface area contributed by atoms with Crippen LogP contribution in [0.4, 0.5) is 0 Å². The summed E-state index contributed by atoms with van der Waals surface area (Å²) in [5.41, 5.74) is 0.526. The first kappa shape index (κ1) is 13.1. The summed E-state index contributed by atoms with van der Waals surface area (Å²) in [6.45, 7) is 1.46. The zero-order valence-corrected chi connectivity index (χ0v) is 10.4. The molecule has 1 aliphatic rings. The second-order valence-electron chi connectivity index (χ2n) is 4.54. The lowest BCUT2D eigenvalue weighted by atomic mass is 9.73. The highest BCUT2D eigenvalue weighted by atomic mass is 16.5. The van der Waals surface area contributed by atoms with Gasteiger partial charge in [0.05, 0.1) is 12.0 Å². The smallest absolute Gasteiger partial charge is 0.230 e. The van der Waals surface area contributed by atoms with E-state index in [1.54, 1.807) is 0 Å². The van der Waals surface area contributed by atoms with Gasteiger partial charge in [-0.1, -0.05) is 30.3 Å². The van der Waals surface area contributed by atoms with Crippen LogP contribution in [0.15, 0.2) is 30.3 Å². The second-order valence-corrected chi connectivity index (χ2v) is 4.54. The zero-order valence-electron chi connectivity index (χ0n) is 10.4. The van der Waals surface area contributed by atoms with Gasteiger partial charge in [0.2, 0.25) is 5.91 Å². The van der Waals surface area contributed by atoms with Crippen LogP contribution in [0.5, 0.6) is 0 Å². The fourth-order valence-corrected chi connectivity index (χ4v) is 2.46. The van der Waals surface area contributed by atoms with Gasteiger partial charge in [0.1, 0.15) is 0 Å². The van der Waals surface area contributed by atoms with E-state index in [1.807, 2.05) is 30.3 Å². The molecule has 0 aromatic heterocycles. The van der Waals surface area contributed by atoms with Gasteiger partial charge >= 0.3 is 0 Å². The molecule has 1 heterocycles. The molecule has 0 atom stereocenters. The predicted octanol–water partition coefficient (Wildman–Crippen LogP) is 0.843. The molecule has 2 rings (SSSR count). The van der Waals surface area contributed by atoms with Gasteiger partial charge in [-0.15, -0.1) is 0 Å². The number of carbonyl (C=O) groups excluding carboxylic acids is 1. The van der Waals surface area contributed by atoms with E-state index in [9.17, 15) is 4.79 Å². The Morgan fingerprint density at radius 2 is 1.94 bits per heavy atom. The van der Waals surface area contributed by atoms with Gasteiger partial charge in [0.15, 0.2) is 0 Å². The molecule has 1 aliphatic heterocycles. The van der Waals surface area contributed by atoms with Crippen LogP contribution < -0.4 is 5.32 Å². The largest absolute Gasteiger partial charge is 0.395 e. The van der Waals surface area contributed by atoms with Crippen LogP contribution in [-0.2, 0) is 14.9 Å². The first-order chi connectivity index (χ1) is 8.79. The minimum atomic E-state index is -0.505. The van der Waals surface area contributed by atoms with E-state index in [0.29, 0.717) is 32.6 Å². The van der Waals surface area contributed by atoms with Crippen LogP contribution in [0.25, 0.3) is 0 Å². The van der Waals surface area contributed by atoms with Crippen LogP contribution >= 0.6 is 0 Å². The van der Waals surface area contributed by atoms with Crippen LogP contribution in [0.2, 0.25) is 0 Å². The molecular formula is C14H19NO3. The fraction of sp³-hybridized carbons (Fsp3) is 0.500. The molecule has 0 radical (unpaired) electrons. The van der Waals surface area contributed by atoms with E-state index in [0.717, 1.165) is 5.56 Å². The van der Waals surface area contributed by atoms with Crippen molar-refractivity contribution in [3.05, 3.63) is 35.9 Å². The second kappa shape index (κ2) is 5.98. The number of hydrogen-bond acceptors (Lipinski definition) is 3. The number of nitrogens with one attached hydrogen (secondary N) is 1. The third-order valence-corrected chi connectivity index (χ3v) is 3.50. The van der Waals surface area contributed by atoms with Crippen LogP contribution in [0.3, 0.4) is 0 Å². The highest BCUT2D eigenvalue weighted by Crippen LogP contribution is 2.34. The maximum atomic E-state index is 12.4. The van der Waals surface area contributed by atoms with Crippen molar-refractivity contribution >= 4 is 5.91 Å². The Morgan fingerprint density at radius 1 is 1.28 bits per heavy atom. The van der Waals surface area contributed by atoms with E-state index in [-0.39, 0.29) is 12.5 Å². The number of carbonyl (C=O) groups is 1. The minimum Gasteiger partial charge on any atom is -0.395 e. The number of ether oxygens (including phenoxy) is 1.